The van der Waals surface area contributed by atoms with E-state index >= 15 is 0 Å². The molecule has 0 spiro atoms. The summed E-state index contributed by atoms with van der Waals surface area (Å²) < 4.78 is 6.13. The Morgan fingerprint density at radius 2 is 1.67 bits per heavy atom. The van der Waals surface area contributed by atoms with Gasteiger partial charge < -0.3 is 10.5 Å². The van der Waals surface area contributed by atoms with Crippen LogP contribution in [0, 0.1) is 6.92 Å². The van der Waals surface area contributed by atoms with Gasteiger partial charge in [0.15, 0.2) is 0 Å². The van der Waals surface area contributed by atoms with Crippen molar-refractivity contribution in [1.29, 1.82) is 0 Å². The first kappa shape index (κ1) is 16.1. The molecule has 2 N–H and O–H groups in total. The van der Waals surface area contributed by atoms with Gasteiger partial charge in [0.1, 0.15) is 11.9 Å². The van der Waals surface area contributed by atoms with Crippen LogP contribution < -0.4 is 10.5 Å². The van der Waals surface area contributed by atoms with Gasteiger partial charge in [-0.25, -0.2) is 0 Å². The van der Waals surface area contributed by atoms with E-state index in [0.717, 1.165) is 5.75 Å². The molecule has 114 valence electrons. The molecule has 2 aromatic rings. The number of aryl methyl sites for hydroxylation is 1. The first-order valence-electron chi connectivity index (χ1n) is 7.36. The maximum atomic E-state index is 6.13. The molecule has 2 atom stereocenters. The Kier molecular flexibility index (Phi) is 4.74. The highest BCUT2D eigenvalue weighted by Gasteiger charge is 2.20. The number of hydrogen-bond donors (Lipinski definition) is 1. The van der Waals surface area contributed by atoms with Gasteiger partial charge in [0.05, 0.1) is 0 Å². The molecule has 0 aliphatic rings. The molecular formula is C18H25NOS. The Morgan fingerprint density at radius 1 is 1.05 bits per heavy atom. The average molecular weight is 303 g/mol. The van der Waals surface area contributed by atoms with Crippen molar-refractivity contribution < 1.29 is 4.74 Å². The van der Waals surface area contributed by atoms with Crippen molar-refractivity contribution in [1.82, 2.24) is 0 Å². The number of rotatable bonds is 4. The number of hydrogen-bond acceptors (Lipinski definition) is 3. The summed E-state index contributed by atoms with van der Waals surface area (Å²) in [7, 11) is 0. The summed E-state index contributed by atoms with van der Waals surface area (Å²) >= 11 is 1.75. The maximum Gasteiger partial charge on any atom is 0.148 e. The van der Waals surface area contributed by atoms with Crippen LogP contribution in [0.15, 0.2) is 36.4 Å². The van der Waals surface area contributed by atoms with Crippen LogP contribution in [0.4, 0.5) is 0 Å². The smallest absolute Gasteiger partial charge is 0.148 e. The van der Waals surface area contributed by atoms with Crippen LogP contribution in [0.5, 0.6) is 5.75 Å². The molecule has 2 unspecified atom stereocenters. The molecule has 0 aliphatic heterocycles. The first-order chi connectivity index (χ1) is 9.77. The van der Waals surface area contributed by atoms with Crippen molar-refractivity contribution in [3.8, 4) is 5.75 Å². The minimum atomic E-state index is -0.0933. The molecule has 0 fully saturated rings. The van der Waals surface area contributed by atoms with Gasteiger partial charge in [-0.1, -0.05) is 32.9 Å². The molecule has 0 saturated heterocycles. The molecule has 2 nitrogen and oxygen atoms in total. The van der Waals surface area contributed by atoms with E-state index in [1.54, 1.807) is 11.3 Å². The number of nitrogens with two attached hydrogens (primary N) is 1. The molecule has 1 aromatic carbocycles. The fraction of sp³-hybridized carbons (Fsp3) is 0.444. The third kappa shape index (κ3) is 4.08. The Hall–Kier alpha value is -1.32. The van der Waals surface area contributed by atoms with Crippen molar-refractivity contribution in [3.63, 3.8) is 0 Å². The summed E-state index contributed by atoms with van der Waals surface area (Å²) in [5, 5.41) is 0. The van der Waals surface area contributed by atoms with E-state index < -0.39 is 0 Å². The second kappa shape index (κ2) is 6.20. The second-order valence-corrected chi connectivity index (χ2v) is 7.94. The van der Waals surface area contributed by atoms with Crippen LogP contribution in [-0.4, -0.2) is 6.04 Å². The van der Waals surface area contributed by atoms with Crippen LogP contribution in [0.3, 0.4) is 0 Å². The molecule has 0 saturated carbocycles. The molecule has 3 heteroatoms. The zero-order chi connectivity index (χ0) is 15.6. The lowest BCUT2D eigenvalue weighted by atomic mass is 9.87. The molecule has 0 amide bonds. The largest absolute Gasteiger partial charge is 0.483 e. The molecule has 1 heterocycles. The first-order valence-corrected chi connectivity index (χ1v) is 8.18. The van der Waals surface area contributed by atoms with Crippen LogP contribution in [0.25, 0.3) is 0 Å². The van der Waals surface area contributed by atoms with E-state index in [0.29, 0.717) is 0 Å². The van der Waals surface area contributed by atoms with Gasteiger partial charge in [-0.05, 0) is 49.1 Å². The highest BCUT2D eigenvalue weighted by atomic mass is 32.1. The van der Waals surface area contributed by atoms with Gasteiger partial charge in [-0.2, -0.15) is 0 Å². The quantitative estimate of drug-likeness (QED) is 0.878. The number of thiophene rings is 1. The van der Waals surface area contributed by atoms with E-state index in [1.165, 1.54) is 15.3 Å². The summed E-state index contributed by atoms with van der Waals surface area (Å²) in [5.74, 6) is 0.872. The normalized spacial score (nSPS) is 14.8. The number of benzene rings is 1. The average Bonchev–Trinajstić information content (AvgIpc) is 2.81. The molecule has 21 heavy (non-hydrogen) atoms. The highest BCUT2D eigenvalue weighted by molar-refractivity contribution is 7.12. The van der Waals surface area contributed by atoms with Gasteiger partial charge in [0.2, 0.25) is 0 Å². The van der Waals surface area contributed by atoms with Crippen molar-refractivity contribution in [2.45, 2.75) is 52.2 Å². The van der Waals surface area contributed by atoms with E-state index in [2.05, 4.69) is 52.0 Å². The van der Waals surface area contributed by atoms with Crippen molar-refractivity contribution >= 4 is 11.3 Å². The fourth-order valence-corrected chi connectivity index (χ4v) is 3.23. The highest BCUT2D eigenvalue weighted by Crippen LogP contribution is 2.31. The minimum Gasteiger partial charge on any atom is -0.483 e. The maximum absolute atomic E-state index is 6.13. The topological polar surface area (TPSA) is 35.2 Å². The lowest BCUT2D eigenvalue weighted by molar-refractivity contribution is 0.184. The standard InChI is InChI=1S/C18H25NOS/c1-12-6-11-16(21-12)17(13(2)19)20-15-9-7-14(8-10-15)18(3,4)5/h6-11,13,17H,19H2,1-5H3. The van der Waals surface area contributed by atoms with Gasteiger partial charge >= 0.3 is 0 Å². The van der Waals surface area contributed by atoms with E-state index in [9.17, 15) is 0 Å². The Morgan fingerprint density at radius 3 is 2.10 bits per heavy atom. The molecule has 0 aliphatic carbocycles. The predicted molar refractivity (Wildman–Crippen MR) is 91.2 cm³/mol. The molecule has 1 aromatic heterocycles. The summed E-state index contributed by atoms with van der Waals surface area (Å²) in [6.07, 6.45) is -0.0933. The van der Waals surface area contributed by atoms with Crippen molar-refractivity contribution in [2.75, 3.05) is 0 Å². The summed E-state index contributed by atoms with van der Waals surface area (Å²) in [5.41, 5.74) is 7.57. The Labute approximate surface area is 132 Å². The lowest BCUT2D eigenvalue weighted by Gasteiger charge is -2.23. The molecule has 2 rings (SSSR count). The third-order valence-corrected chi connectivity index (χ3v) is 4.56. The van der Waals surface area contributed by atoms with Crippen LogP contribution >= 0.6 is 11.3 Å². The Bertz CT molecular complexity index is 578. The fourth-order valence-electron chi connectivity index (χ4n) is 2.21. The summed E-state index contributed by atoms with van der Waals surface area (Å²) in [6, 6.07) is 12.5. The van der Waals surface area contributed by atoms with Gasteiger partial charge in [0.25, 0.3) is 0 Å². The van der Waals surface area contributed by atoms with Gasteiger partial charge in [-0.15, -0.1) is 11.3 Å². The minimum absolute atomic E-state index is 0.0506. The Balaban J connectivity index is 2.18. The predicted octanol–water partition coefficient (Wildman–Crippen LogP) is 4.82. The van der Waals surface area contributed by atoms with Crippen molar-refractivity contribution in [3.05, 3.63) is 51.7 Å². The van der Waals surface area contributed by atoms with Crippen LogP contribution in [0.1, 0.15) is 49.1 Å². The van der Waals surface area contributed by atoms with E-state index in [-0.39, 0.29) is 17.6 Å². The summed E-state index contributed by atoms with van der Waals surface area (Å²) in [6.45, 7) is 10.7. The zero-order valence-electron chi connectivity index (χ0n) is 13.5. The lowest BCUT2D eigenvalue weighted by Crippen LogP contribution is -2.28. The van der Waals surface area contributed by atoms with Crippen molar-refractivity contribution in [2.24, 2.45) is 5.73 Å². The van der Waals surface area contributed by atoms with E-state index in [1.807, 2.05) is 19.1 Å². The van der Waals surface area contributed by atoms with Gasteiger partial charge in [-0.3, -0.25) is 0 Å². The van der Waals surface area contributed by atoms with Crippen LogP contribution in [0.2, 0.25) is 0 Å². The monoisotopic (exact) mass is 303 g/mol. The molecule has 0 bridgehead atoms. The summed E-state index contributed by atoms with van der Waals surface area (Å²) in [4.78, 5) is 2.46. The van der Waals surface area contributed by atoms with E-state index in [4.69, 9.17) is 10.5 Å². The zero-order valence-corrected chi connectivity index (χ0v) is 14.3. The number of ether oxygens (including phenoxy) is 1. The van der Waals surface area contributed by atoms with Gasteiger partial charge in [0, 0.05) is 15.8 Å². The molecule has 0 radical (unpaired) electrons. The third-order valence-electron chi connectivity index (χ3n) is 3.50. The second-order valence-electron chi connectivity index (χ2n) is 6.62. The molecular weight excluding hydrogens is 278 g/mol. The SMILES string of the molecule is Cc1ccc(C(Oc2ccc(C(C)(C)C)cc2)C(C)N)s1. The van der Waals surface area contributed by atoms with Crippen LogP contribution in [-0.2, 0) is 5.41 Å².